The quantitative estimate of drug-likeness (QED) is 0.857. The van der Waals surface area contributed by atoms with Crippen molar-refractivity contribution < 1.29 is 23.1 Å². The van der Waals surface area contributed by atoms with Gasteiger partial charge >= 0.3 is 12.1 Å². The maximum Gasteiger partial charge on any atom is 0.490 e. The Hall–Kier alpha value is -1.79. The summed E-state index contributed by atoms with van der Waals surface area (Å²) < 4.78 is 31.7. The van der Waals surface area contributed by atoms with Gasteiger partial charge in [-0.05, 0) is 31.4 Å². The van der Waals surface area contributed by atoms with Gasteiger partial charge in [-0.3, -0.25) is 4.98 Å². The number of piperidine rings is 1. The summed E-state index contributed by atoms with van der Waals surface area (Å²) in [6.07, 6.45) is 2.71. The van der Waals surface area contributed by atoms with Crippen LogP contribution in [-0.4, -0.2) is 35.3 Å². The topological polar surface area (TPSA) is 53.4 Å². The number of carbonyl (C=O) groups is 1. The summed E-state index contributed by atoms with van der Waals surface area (Å²) in [5, 5.41) is 7.12. The molecule has 4 nitrogen and oxygen atoms in total. The number of carboxylic acid groups (broad SMARTS) is 1. The van der Waals surface area contributed by atoms with Crippen LogP contribution in [0.4, 0.5) is 18.9 Å². The maximum atomic E-state index is 10.6. The number of hydrogen-bond acceptors (Lipinski definition) is 3. The Labute approximate surface area is 108 Å². The van der Waals surface area contributed by atoms with Crippen LogP contribution in [0.15, 0.2) is 24.5 Å². The Morgan fingerprint density at radius 3 is 2.05 bits per heavy atom. The molecule has 1 aliphatic heterocycles. The number of alkyl halides is 3. The largest absolute Gasteiger partial charge is 0.490 e. The smallest absolute Gasteiger partial charge is 0.475 e. The van der Waals surface area contributed by atoms with Crippen LogP contribution in [0.3, 0.4) is 0 Å². The van der Waals surface area contributed by atoms with Crippen LogP contribution < -0.4 is 4.90 Å². The van der Waals surface area contributed by atoms with E-state index >= 15 is 0 Å². The lowest BCUT2D eigenvalue weighted by Crippen LogP contribution is -2.29. The monoisotopic (exact) mass is 276 g/mol. The lowest BCUT2D eigenvalue weighted by molar-refractivity contribution is -0.192. The zero-order valence-electron chi connectivity index (χ0n) is 10.2. The predicted octanol–water partition coefficient (Wildman–Crippen LogP) is 2.71. The molecule has 1 aliphatic rings. The Bertz CT molecular complexity index is 390. The van der Waals surface area contributed by atoms with E-state index in [1.54, 1.807) is 0 Å². The van der Waals surface area contributed by atoms with Crippen molar-refractivity contribution in [3.63, 3.8) is 0 Å². The van der Waals surface area contributed by atoms with Gasteiger partial charge in [0, 0.05) is 31.2 Å². The van der Waals surface area contributed by atoms with Gasteiger partial charge in [-0.1, -0.05) is 0 Å². The predicted molar refractivity (Wildman–Crippen MR) is 64.0 cm³/mol. The highest BCUT2D eigenvalue weighted by molar-refractivity contribution is 5.73. The van der Waals surface area contributed by atoms with Crippen LogP contribution in [0.5, 0.6) is 0 Å². The first-order valence-corrected chi connectivity index (χ1v) is 5.86. The number of pyridine rings is 1. The van der Waals surface area contributed by atoms with Crippen LogP contribution in [-0.2, 0) is 4.79 Å². The van der Waals surface area contributed by atoms with Crippen molar-refractivity contribution in [1.29, 1.82) is 0 Å². The second-order valence-corrected chi connectivity index (χ2v) is 4.06. The molecule has 1 saturated heterocycles. The summed E-state index contributed by atoms with van der Waals surface area (Å²) in [4.78, 5) is 15.3. The van der Waals surface area contributed by atoms with Crippen molar-refractivity contribution in [2.75, 3.05) is 18.0 Å². The number of aromatic nitrogens is 1. The number of nitrogens with zero attached hydrogens (tertiary/aromatic N) is 2. The van der Waals surface area contributed by atoms with Crippen LogP contribution in [0.25, 0.3) is 0 Å². The summed E-state index contributed by atoms with van der Waals surface area (Å²) in [5.41, 5.74) is 1.32. The molecule has 19 heavy (non-hydrogen) atoms. The van der Waals surface area contributed by atoms with E-state index in [1.165, 1.54) is 38.0 Å². The molecule has 7 heteroatoms. The lowest BCUT2D eigenvalue weighted by Gasteiger charge is -2.28. The van der Waals surface area contributed by atoms with Gasteiger partial charge in [0.15, 0.2) is 0 Å². The lowest BCUT2D eigenvalue weighted by atomic mass is 10.1. The highest BCUT2D eigenvalue weighted by Gasteiger charge is 2.38. The number of anilines is 1. The average Bonchev–Trinajstić information content (AvgIpc) is 2.40. The van der Waals surface area contributed by atoms with Crippen molar-refractivity contribution in [2.24, 2.45) is 0 Å². The van der Waals surface area contributed by atoms with Crippen molar-refractivity contribution in [3.05, 3.63) is 24.5 Å². The Kier molecular flexibility index (Phi) is 5.59. The van der Waals surface area contributed by atoms with Crippen LogP contribution in [0.1, 0.15) is 19.3 Å². The SMILES string of the molecule is O=C(O)C(F)(F)F.c1cc(N2CCCCC2)ccn1. The first-order chi connectivity index (χ1) is 8.91. The van der Waals surface area contributed by atoms with E-state index in [-0.39, 0.29) is 0 Å². The minimum absolute atomic E-state index is 1.21. The van der Waals surface area contributed by atoms with E-state index in [0.29, 0.717) is 0 Å². The number of hydrogen-bond donors (Lipinski definition) is 1. The molecule has 1 aromatic rings. The highest BCUT2D eigenvalue weighted by atomic mass is 19.4. The fraction of sp³-hybridized carbons (Fsp3) is 0.500. The molecule has 0 amide bonds. The fourth-order valence-corrected chi connectivity index (χ4v) is 1.71. The molecule has 0 aromatic carbocycles. The molecule has 0 atom stereocenters. The third-order valence-corrected chi connectivity index (χ3v) is 2.63. The molecule has 0 saturated carbocycles. The summed E-state index contributed by atoms with van der Waals surface area (Å²) in [6.45, 7) is 2.42. The minimum Gasteiger partial charge on any atom is -0.475 e. The number of aliphatic carboxylic acids is 1. The molecule has 2 heterocycles. The minimum atomic E-state index is -5.08. The first kappa shape index (κ1) is 15.3. The van der Waals surface area contributed by atoms with E-state index in [0.717, 1.165) is 0 Å². The molecule has 0 spiro atoms. The van der Waals surface area contributed by atoms with Gasteiger partial charge in [0.25, 0.3) is 0 Å². The van der Waals surface area contributed by atoms with Gasteiger partial charge in [0.1, 0.15) is 0 Å². The Balaban J connectivity index is 0.000000224. The van der Waals surface area contributed by atoms with Gasteiger partial charge in [0.05, 0.1) is 0 Å². The molecule has 1 fully saturated rings. The first-order valence-electron chi connectivity index (χ1n) is 5.86. The molecular formula is C12H15F3N2O2. The number of halogens is 3. The average molecular weight is 276 g/mol. The van der Waals surface area contributed by atoms with E-state index in [4.69, 9.17) is 9.90 Å². The zero-order valence-corrected chi connectivity index (χ0v) is 10.2. The van der Waals surface area contributed by atoms with Gasteiger partial charge in [-0.2, -0.15) is 13.2 Å². The van der Waals surface area contributed by atoms with E-state index < -0.39 is 12.1 Å². The summed E-state index contributed by atoms with van der Waals surface area (Å²) in [6, 6.07) is 4.18. The van der Waals surface area contributed by atoms with Crippen molar-refractivity contribution >= 4 is 11.7 Å². The highest BCUT2D eigenvalue weighted by Crippen LogP contribution is 2.17. The van der Waals surface area contributed by atoms with Crippen LogP contribution in [0.2, 0.25) is 0 Å². The van der Waals surface area contributed by atoms with Crippen LogP contribution >= 0.6 is 0 Å². The summed E-state index contributed by atoms with van der Waals surface area (Å²) in [7, 11) is 0. The zero-order chi connectivity index (χ0) is 14.3. The Morgan fingerprint density at radius 1 is 1.16 bits per heavy atom. The molecule has 0 aliphatic carbocycles. The van der Waals surface area contributed by atoms with E-state index in [9.17, 15) is 13.2 Å². The number of carboxylic acids is 1. The fourth-order valence-electron chi connectivity index (χ4n) is 1.71. The van der Waals surface area contributed by atoms with Gasteiger partial charge < -0.3 is 10.0 Å². The van der Waals surface area contributed by atoms with Crippen molar-refractivity contribution in [1.82, 2.24) is 4.98 Å². The second-order valence-electron chi connectivity index (χ2n) is 4.06. The normalized spacial score (nSPS) is 15.4. The van der Waals surface area contributed by atoms with Crippen molar-refractivity contribution in [2.45, 2.75) is 25.4 Å². The van der Waals surface area contributed by atoms with Gasteiger partial charge in [-0.25, -0.2) is 4.79 Å². The van der Waals surface area contributed by atoms with E-state index in [2.05, 4.69) is 22.0 Å². The molecule has 2 rings (SSSR count). The van der Waals surface area contributed by atoms with Gasteiger partial charge in [0.2, 0.25) is 0 Å². The third-order valence-electron chi connectivity index (χ3n) is 2.63. The Morgan fingerprint density at radius 2 is 1.63 bits per heavy atom. The molecule has 1 aromatic heterocycles. The molecular weight excluding hydrogens is 261 g/mol. The molecule has 0 radical (unpaired) electrons. The molecule has 0 unspecified atom stereocenters. The standard InChI is InChI=1S/C10H14N2.C2HF3O2/c1-2-8-12(9-3-1)10-4-6-11-7-5-10;3-2(4,5)1(6)7/h4-7H,1-3,8-9H2;(H,6,7). The van der Waals surface area contributed by atoms with E-state index in [1.807, 2.05) is 12.4 Å². The molecule has 106 valence electrons. The summed E-state index contributed by atoms with van der Waals surface area (Å²) >= 11 is 0. The van der Waals surface area contributed by atoms with Gasteiger partial charge in [-0.15, -0.1) is 0 Å². The van der Waals surface area contributed by atoms with Crippen LogP contribution in [0, 0.1) is 0 Å². The third kappa shape index (κ3) is 5.58. The maximum absolute atomic E-state index is 10.6. The second kappa shape index (κ2) is 6.96. The number of rotatable bonds is 1. The molecule has 1 N–H and O–H groups in total. The summed E-state index contributed by atoms with van der Waals surface area (Å²) in [5.74, 6) is -2.76. The van der Waals surface area contributed by atoms with Crippen molar-refractivity contribution in [3.8, 4) is 0 Å². The molecule has 0 bridgehead atoms.